The molecular weight excluding hydrogens is 304 g/mol. The Labute approximate surface area is 140 Å². The number of rotatable bonds is 5. The summed E-state index contributed by atoms with van der Waals surface area (Å²) in [5, 5.41) is 0. The summed E-state index contributed by atoms with van der Waals surface area (Å²) in [6.07, 6.45) is 4.19. The summed E-state index contributed by atoms with van der Waals surface area (Å²) in [7, 11) is 0. The van der Waals surface area contributed by atoms with Crippen LogP contribution in [-0.4, -0.2) is 12.4 Å². The van der Waals surface area contributed by atoms with Crippen LogP contribution >= 0.6 is 11.8 Å². The Bertz CT molecular complexity index is 777. The molecule has 0 spiro atoms. The first-order valence-corrected chi connectivity index (χ1v) is 8.50. The highest BCUT2D eigenvalue weighted by atomic mass is 32.2. The molecule has 0 aromatic heterocycles. The molecular formula is C20H18O2S. The van der Waals surface area contributed by atoms with Crippen LogP contribution in [0, 0.1) is 0 Å². The average molecular weight is 322 g/mol. The summed E-state index contributed by atoms with van der Waals surface area (Å²) < 4.78 is 5.88. The van der Waals surface area contributed by atoms with Gasteiger partial charge in [-0.25, -0.2) is 0 Å². The van der Waals surface area contributed by atoms with Gasteiger partial charge in [-0.2, -0.15) is 0 Å². The zero-order valence-electron chi connectivity index (χ0n) is 12.9. The lowest BCUT2D eigenvalue weighted by atomic mass is 9.94. The van der Waals surface area contributed by atoms with Gasteiger partial charge in [0.05, 0.1) is 5.56 Å². The summed E-state index contributed by atoms with van der Waals surface area (Å²) in [6, 6.07) is 11.8. The first-order chi connectivity index (χ1) is 11.3. The molecule has 2 aromatic rings. The van der Waals surface area contributed by atoms with Gasteiger partial charge in [-0.3, -0.25) is 4.79 Å². The molecule has 3 rings (SSSR count). The second kappa shape index (κ2) is 6.88. The molecule has 1 heterocycles. The zero-order valence-corrected chi connectivity index (χ0v) is 13.7. The Balaban J connectivity index is 2.19. The van der Waals surface area contributed by atoms with Gasteiger partial charge in [0.2, 0.25) is 0 Å². The summed E-state index contributed by atoms with van der Waals surface area (Å²) in [6.45, 7) is 7.88. The van der Waals surface area contributed by atoms with Gasteiger partial charge in [-0.1, -0.05) is 43.0 Å². The first-order valence-electron chi connectivity index (χ1n) is 7.52. The van der Waals surface area contributed by atoms with Crippen molar-refractivity contribution in [3.8, 4) is 5.75 Å². The Morgan fingerprint density at radius 2 is 1.96 bits per heavy atom. The van der Waals surface area contributed by atoms with Crippen LogP contribution in [0.1, 0.15) is 27.0 Å². The van der Waals surface area contributed by atoms with Crippen molar-refractivity contribution < 1.29 is 9.53 Å². The van der Waals surface area contributed by atoms with Crippen molar-refractivity contribution in [3.05, 3.63) is 84.0 Å². The van der Waals surface area contributed by atoms with Gasteiger partial charge in [0.25, 0.3) is 0 Å². The maximum absolute atomic E-state index is 13.1. The predicted molar refractivity (Wildman–Crippen MR) is 95.5 cm³/mol. The van der Waals surface area contributed by atoms with Gasteiger partial charge in [0.15, 0.2) is 5.78 Å². The predicted octanol–water partition coefficient (Wildman–Crippen LogP) is 4.82. The molecule has 0 unspecified atom stereocenters. The smallest absolute Gasteiger partial charge is 0.198 e. The van der Waals surface area contributed by atoms with Crippen LogP contribution in [-0.2, 0) is 12.2 Å². The fraction of sp³-hybridized carbons (Fsp3) is 0.150. The number of ether oxygens (including phenoxy) is 1. The van der Waals surface area contributed by atoms with Gasteiger partial charge in [-0.15, -0.1) is 18.3 Å². The maximum Gasteiger partial charge on any atom is 0.198 e. The minimum atomic E-state index is 0.0329. The van der Waals surface area contributed by atoms with Gasteiger partial charge >= 0.3 is 0 Å². The molecule has 0 aliphatic carbocycles. The molecule has 0 saturated carbocycles. The van der Waals surface area contributed by atoms with E-state index < -0.39 is 0 Å². The van der Waals surface area contributed by atoms with E-state index in [1.54, 1.807) is 17.8 Å². The standard InChI is InChI=1S/C20H18O2S/c1-3-7-14-10-11-15-13-23-17-9-6-5-8-16(17)19(21)18(15)20(14)22-12-4-2/h3-6,8-11H,1-2,7,12-13H2. The number of benzene rings is 2. The number of ketones is 1. The molecule has 2 aromatic carbocycles. The van der Waals surface area contributed by atoms with E-state index in [-0.39, 0.29) is 5.78 Å². The maximum atomic E-state index is 13.1. The van der Waals surface area contributed by atoms with Crippen molar-refractivity contribution in [1.29, 1.82) is 0 Å². The van der Waals surface area contributed by atoms with E-state index in [9.17, 15) is 4.79 Å². The quantitative estimate of drug-likeness (QED) is 0.739. The largest absolute Gasteiger partial charge is 0.488 e. The van der Waals surface area contributed by atoms with Crippen molar-refractivity contribution in [2.45, 2.75) is 17.1 Å². The SMILES string of the molecule is C=CCOc1c(CC=C)ccc2c1C(=O)c1ccccc1SC2. The van der Waals surface area contributed by atoms with Gasteiger partial charge in [0.1, 0.15) is 12.4 Å². The second-order valence-corrected chi connectivity index (χ2v) is 6.31. The molecule has 0 N–H and O–H groups in total. The Morgan fingerprint density at radius 1 is 1.13 bits per heavy atom. The number of carbonyl (C=O) groups is 1. The van der Waals surface area contributed by atoms with Gasteiger partial charge in [-0.05, 0) is 29.7 Å². The molecule has 2 nitrogen and oxygen atoms in total. The zero-order chi connectivity index (χ0) is 16.2. The molecule has 1 aliphatic heterocycles. The summed E-state index contributed by atoms with van der Waals surface area (Å²) in [5.41, 5.74) is 3.43. The lowest BCUT2D eigenvalue weighted by Gasteiger charge is -2.16. The van der Waals surface area contributed by atoms with Crippen LogP contribution in [0.2, 0.25) is 0 Å². The van der Waals surface area contributed by atoms with E-state index in [0.717, 1.165) is 27.3 Å². The van der Waals surface area contributed by atoms with E-state index >= 15 is 0 Å². The van der Waals surface area contributed by atoms with E-state index in [0.29, 0.717) is 24.3 Å². The van der Waals surface area contributed by atoms with Crippen molar-refractivity contribution in [3.63, 3.8) is 0 Å². The number of fused-ring (bicyclic) bond motifs is 2. The third kappa shape index (κ3) is 2.97. The van der Waals surface area contributed by atoms with E-state index in [4.69, 9.17) is 4.74 Å². The van der Waals surface area contributed by atoms with Crippen LogP contribution in [0.3, 0.4) is 0 Å². The first kappa shape index (κ1) is 15.6. The lowest BCUT2D eigenvalue weighted by Crippen LogP contribution is -2.10. The van der Waals surface area contributed by atoms with Crippen LogP contribution in [0.25, 0.3) is 0 Å². The number of hydrogen-bond donors (Lipinski definition) is 0. The minimum absolute atomic E-state index is 0.0329. The van der Waals surface area contributed by atoms with E-state index in [2.05, 4.69) is 13.2 Å². The number of hydrogen-bond acceptors (Lipinski definition) is 3. The molecule has 0 atom stereocenters. The number of allylic oxidation sites excluding steroid dienone is 1. The monoisotopic (exact) mass is 322 g/mol. The molecule has 0 fully saturated rings. The van der Waals surface area contributed by atoms with Crippen LogP contribution in [0.15, 0.2) is 66.6 Å². The second-order valence-electron chi connectivity index (χ2n) is 5.29. The Kier molecular flexibility index (Phi) is 4.68. The Morgan fingerprint density at radius 3 is 2.74 bits per heavy atom. The van der Waals surface area contributed by atoms with Crippen LogP contribution < -0.4 is 4.74 Å². The van der Waals surface area contributed by atoms with Crippen molar-refractivity contribution in [1.82, 2.24) is 0 Å². The van der Waals surface area contributed by atoms with Crippen molar-refractivity contribution in [2.24, 2.45) is 0 Å². The summed E-state index contributed by atoms with van der Waals surface area (Å²) in [5.74, 6) is 1.46. The fourth-order valence-corrected chi connectivity index (χ4v) is 3.77. The average Bonchev–Trinajstić information content (AvgIpc) is 2.72. The van der Waals surface area contributed by atoms with Gasteiger partial charge in [0, 0.05) is 16.2 Å². The summed E-state index contributed by atoms with van der Waals surface area (Å²) >= 11 is 1.69. The van der Waals surface area contributed by atoms with Crippen molar-refractivity contribution in [2.75, 3.05) is 6.61 Å². The third-order valence-electron chi connectivity index (χ3n) is 3.78. The van der Waals surface area contributed by atoms with E-state index in [1.807, 2.05) is 42.5 Å². The third-order valence-corrected chi connectivity index (χ3v) is 4.90. The Hall–Kier alpha value is -2.26. The topological polar surface area (TPSA) is 26.3 Å². The highest BCUT2D eigenvalue weighted by Gasteiger charge is 2.26. The molecule has 23 heavy (non-hydrogen) atoms. The molecule has 1 aliphatic rings. The molecule has 3 heteroatoms. The minimum Gasteiger partial charge on any atom is -0.488 e. The van der Waals surface area contributed by atoms with E-state index in [1.165, 1.54) is 0 Å². The van der Waals surface area contributed by atoms with Crippen LogP contribution in [0.4, 0.5) is 0 Å². The van der Waals surface area contributed by atoms with Gasteiger partial charge < -0.3 is 4.74 Å². The number of thioether (sulfide) groups is 1. The van der Waals surface area contributed by atoms with Crippen molar-refractivity contribution >= 4 is 17.5 Å². The lowest BCUT2D eigenvalue weighted by molar-refractivity contribution is 0.103. The highest BCUT2D eigenvalue weighted by molar-refractivity contribution is 7.98. The highest BCUT2D eigenvalue weighted by Crippen LogP contribution is 2.39. The van der Waals surface area contributed by atoms with Crippen LogP contribution in [0.5, 0.6) is 5.75 Å². The number of carbonyl (C=O) groups excluding carboxylic acids is 1. The fourth-order valence-electron chi connectivity index (χ4n) is 2.73. The summed E-state index contributed by atoms with van der Waals surface area (Å²) in [4.78, 5) is 14.1. The molecule has 0 radical (unpaired) electrons. The normalized spacial score (nSPS) is 12.8. The molecule has 0 bridgehead atoms. The molecule has 0 amide bonds. The molecule has 0 saturated heterocycles. The molecule has 116 valence electrons.